The minimum Gasteiger partial charge on any atom is -0.619 e. The van der Waals surface area contributed by atoms with Crippen LogP contribution in [-0.4, -0.2) is 25.2 Å². The standard InChI is InChI=1S/C13H16F3N3O2/c1-9-10(2)19(21)8-4-11(9)17-6-7-18-12(20)3-5-13(14,15)16/h3-5,8,17H,6-7H2,1-2H3,(H,18,20)/b5-3+. The van der Waals surface area contributed by atoms with Gasteiger partial charge in [0.25, 0.3) is 0 Å². The maximum absolute atomic E-state index is 11.8. The highest BCUT2D eigenvalue weighted by atomic mass is 19.4. The summed E-state index contributed by atoms with van der Waals surface area (Å²) in [7, 11) is 0. The number of hydrogen-bond acceptors (Lipinski definition) is 3. The second-order valence-electron chi connectivity index (χ2n) is 4.36. The first kappa shape index (κ1) is 16.8. The molecular weight excluding hydrogens is 287 g/mol. The molecule has 0 fully saturated rings. The highest BCUT2D eigenvalue weighted by Crippen LogP contribution is 2.15. The lowest BCUT2D eigenvalue weighted by molar-refractivity contribution is -0.612. The van der Waals surface area contributed by atoms with E-state index in [0.717, 1.165) is 16.0 Å². The van der Waals surface area contributed by atoms with Gasteiger partial charge in [-0.2, -0.15) is 17.9 Å². The van der Waals surface area contributed by atoms with Crippen LogP contribution in [0.4, 0.5) is 18.9 Å². The topological polar surface area (TPSA) is 68.1 Å². The van der Waals surface area contributed by atoms with Gasteiger partial charge in [0.05, 0.1) is 0 Å². The number of carbonyl (C=O) groups is 1. The van der Waals surface area contributed by atoms with Gasteiger partial charge in [0, 0.05) is 49.5 Å². The van der Waals surface area contributed by atoms with Gasteiger partial charge in [-0.3, -0.25) is 4.79 Å². The number of carbonyl (C=O) groups excluding carboxylic acids is 1. The Labute approximate surface area is 120 Å². The number of pyridine rings is 1. The molecule has 0 bridgehead atoms. The van der Waals surface area contributed by atoms with Crippen molar-refractivity contribution in [3.8, 4) is 0 Å². The second kappa shape index (κ2) is 6.96. The van der Waals surface area contributed by atoms with Crippen LogP contribution in [0.2, 0.25) is 0 Å². The monoisotopic (exact) mass is 303 g/mol. The second-order valence-corrected chi connectivity index (χ2v) is 4.36. The number of anilines is 1. The Hall–Kier alpha value is -2.25. The lowest BCUT2D eigenvalue weighted by Gasteiger charge is -2.11. The average Bonchev–Trinajstić information content (AvgIpc) is 2.40. The zero-order valence-corrected chi connectivity index (χ0v) is 11.6. The normalized spacial score (nSPS) is 11.7. The molecule has 1 amide bonds. The minimum absolute atomic E-state index is 0.118. The van der Waals surface area contributed by atoms with E-state index in [1.54, 1.807) is 19.9 Å². The number of nitrogens with one attached hydrogen (secondary N) is 2. The zero-order valence-electron chi connectivity index (χ0n) is 11.6. The summed E-state index contributed by atoms with van der Waals surface area (Å²) in [6, 6.07) is 1.60. The van der Waals surface area contributed by atoms with Crippen molar-refractivity contribution in [1.82, 2.24) is 5.32 Å². The van der Waals surface area contributed by atoms with E-state index in [9.17, 15) is 23.2 Å². The van der Waals surface area contributed by atoms with Gasteiger partial charge in [0.2, 0.25) is 5.91 Å². The third-order valence-electron chi connectivity index (χ3n) is 2.82. The third-order valence-corrected chi connectivity index (χ3v) is 2.82. The van der Waals surface area contributed by atoms with Crippen molar-refractivity contribution >= 4 is 11.6 Å². The van der Waals surface area contributed by atoms with Gasteiger partial charge in [0.15, 0.2) is 11.9 Å². The van der Waals surface area contributed by atoms with E-state index in [-0.39, 0.29) is 12.6 Å². The predicted molar refractivity (Wildman–Crippen MR) is 71.6 cm³/mol. The summed E-state index contributed by atoms with van der Waals surface area (Å²) in [4.78, 5) is 11.1. The predicted octanol–water partition coefficient (Wildman–Crippen LogP) is 1.58. The van der Waals surface area contributed by atoms with E-state index in [1.807, 2.05) is 0 Å². The molecule has 5 nitrogen and oxygen atoms in total. The van der Waals surface area contributed by atoms with E-state index in [0.29, 0.717) is 18.3 Å². The highest BCUT2D eigenvalue weighted by Gasteiger charge is 2.22. The summed E-state index contributed by atoms with van der Waals surface area (Å²) < 4.78 is 36.2. The summed E-state index contributed by atoms with van der Waals surface area (Å²) in [5.41, 5.74) is 2.06. The van der Waals surface area contributed by atoms with Crippen LogP contribution < -0.4 is 15.4 Å². The molecule has 0 atom stereocenters. The number of hydrogen-bond donors (Lipinski definition) is 2. The van der Waals surface area contributed by atoms with Crippen LogP contribution in [-0.2, 0) is 4.79 Å². The van der Waals surface area contributed by atoms with Crippen LogP contribution in [0.5, 0.6) is 0 Å². The zero-order chi connectivity index (χ0) is 16.0. The first-order chi connectivity index (χ1) is 9.70. The van der Waals surface area contributed by atoms with Crippen molar-refractivity contribution in [2.45, 2.75) is 20.0 Å². The molecule has 0 aliphatic carbocycles. The molecule has 21 heavy (non-hydrogen) atoms. The summed E-state index contributed by atoms with van der Waals surface area (Å²) in [5.74, 6) is -0.813. The Morgan fingerprint density at radius 3 is 2.67 bits per heavy atom. The Morgan fingerprint density at radius 1 is 1.38 bits per heavy atom. The van der Waals surface area contributed by atoms with Crippen molar-refractivity contribution in [2.24, 2.45) is 0 Å². The van der Waals surface area contributed by atoms with Gasteiger partial charge in [-0.25, -0.2) is 0 Å². The molecule has 0 aliphatic rings. The Bertz CT molecular complexity index is 542. The Balaban J connectivity index is 2.40. The van der Waals surface area contributed by atoms with Crippen LogP contribution >= 0.6 is 0 Å². The molecule has 0 radical (unpaired) electrons. The molecule has 0 saturated heterocycles. The number of halogens is 3. The van der Waals surface area contributed by atoms with E-state index < -0.39 is 12.1 Å². The van der Waals surface area contributed by atoms with Crippen molar-refractivity contribution in [1.29, 1.82) is 0 Å². The number of aromatic nitrogens is 1. The summed E-state index contributed by atoms with van der Waals surface area (Å²) in [5, 5.41) is 16.6. The van der Waals surface area contributed by atoms with Crippen LogP contribution in [0.1, 0.15) is 11.3 Å². The largest absolute Gasteiger partial charge is 0.619 e. The molecule has 0 aliphatic heterocycles. The molecule has 1 heterocycles. The van der Waals surface area contributed by atoms with Gasteiger partial charge >= 0.3 is 6.18 Å². The quantitative estimate of drug-likeness (QED) is 0.376. The highest BCUT2D eigenvalue weighted by molar-refractivity contribution is 5.87. The number of amides is 1. The van der Waals surface area contributed by atoms with Gasteiger partial charge in [-0.1, -0.05) is 0 Å². The molecule has 0 unspecified atom stereocenters. The summed E-state index contributed by atoms with van der Waals surface area (Å²) >= 11 is 0. The molecule has 0 saturated carbocycles. The van der Waals surface area contributed by atoms with E-state index in [1.165, 1.54) is 6.20 Å². The first-order valence-electron chi connectivity index (χ1n) is 6.18. The fourth-order valence-corrected chi connectivity index (χ4v) is 1.54. The lowest BCUT2D eigenvalue weighted by Crippen LogP contribution is -2.31. The molecule has 1 aromatic rings. The van der Waals surface area contributed by atoms with Gasteiger partial charge < -0.3 is 15.8 Å². The molecule has 1 aromatic heterocycles. The van der Waals surface area contributed by atoms with Crippen molar-refractivity contribution in [3.05, 3.63) is 40.9 Å². The van der Waals surface area contributed by atoms with Crippen LogP contribution in [0, 0.1) is 19.1 Å². The number of allylic oxidation sites excluding steroid dienone is 1. The van der Waals surface area contributed by atoms with E-state index in [4.69, 9.17) is 0 Å². The minimum atomic E-state index is -4.50. The van der Waals surface area contributed by atoms with Crippen molar-refractivity contribution in [3.63, 3.8) is 0 Å². The van der Waals surface area contributed by atoms with E-state index in [2.05, 4.69) is 10.6 Å². The molecule has 116 valence electrons. The van der Waals surface area contributed by atoms with Crippen LogP contribution in [0.25, 0.3) is 0 Å². The molecule has 8 heteroatoms. The van der Waals surface area contributed by atoms with Crippen molar-refractivity contribution < 1.29 is 22.7 Å². The number of rotatable bonds is 5. The third kappa shape index (κ3) is 5.72. The van der Waals surface area contributed by atoms with Gasteiger partial charge in [0.1, 0.15) is 0 Å². The molecule has 2 N–H and O–H groups in total. The average molecular weight is 303 g/mol. The molecular formula is C13H16F3N3O2. The van der Waals surface area contributed by atoms with Crippen molar-refractivity contribution in [2.75, 3.05) is 18.4 Å². The fourth-order valence-electron chi connectivity index (χ4n) is 1.54. The smallest absolute Gasteiger partial charge is 0.409 e. The molecule has 0 spiro atoms. The maximum Gasteiger partial charge on any atom is 0.409 e. The summed E-state index contributed by atoms with van der Waals surface area (Å²) in [6.45, 7) is 3.94. The Kier molecular flexibility index (Phi) is 5.57. The number of alkyl halides is 3. The Morgan fingerprint density at radius 2 is 2.05 bits per heavy atom. The van der Waals surface area contributed by atoms with Crippen LogP contribution in [0.15, 0.2) is 24.4 Å². The van der Waals surface area contributed by atoms with Crippen LogP contribution in [0.3, 0.4) is 0 Å². The molecule has 0 aromatic carbocycles. The molecule has 1 rings (SSSR count). The fraction of sp³-hybridized carbons (Fsp3) is 0.385. The van der Waals surface area contributed by atoms with E-state index >= 15 is 0 Å². The number of nitrogens with zero attached hydrogens (tertiary/aromatic N) is 1. The van der Waals surface area contributed by atoms with Gasteiger partial charge in [-0.15, -0.1) is 0 Å². The first-order valence-corrected chi connectivity index (χ1v) is 6.18. The lowest BCUT2D eigenvalue weighted by atomic mass is 10.2. The van der Waals surface area contributed by atoms with Gasteiger partial charge in [-0.05, 0) is 6.92 Å². The summed E-state index contributed by atoms with van der Waals surface area (Å²) in [6.07, 6.45) is -2.82. The SMILES string of the molecule is Cc1c(NCCNC(=O)/C=C/C(F)(F)F)cc[n+]([O-])c1C. The maximum atomic E-state index is 11.8.